The predicted octanol–water partition coefficient (Wildman–Crippen LogP) is 4.47. The summed E-state index contributed by atoms with van der Waals surface area (Å²) in [6, 6.07) is 0. The predicted molar refractivity (Wildman–Crippen MR) is 75.2 cm³/mol. The molecule has 0 amide bonds. The van der Waals surface area contributed by atoms with Crippen LogP contribution in [0.4, 0.5) is 0 Å². The van der Waals surface area contributed by atoms with Gasteiger partial charge in [0.1, 0.15) is 0 Å². The molecule has 0 spiro atoms. The maximum absolute atomic E-state index is 2.55. The minimum atomic E-state index is 0.483. The molecule has 2 rings (SSSR count). The molecule has 0 aromatic heterocycles. The van der Waals surface area contributed by atoms with E-state index in [-0.39, 0.29) is 0 Å². The summed E-state index contributed by atoms with van der Waals surface area (Å²) in [7, 11) is 4.62. The van der Waals surface area contributed by atoms with Crippen molar-refractivity contribution in [3.63, 3.8) is 0 Å². The fourth-order valence-corrected chi connectivity index (χ4v) is 5.28. The first-order chi connectivity index (χ1) is 7.83. The zero-order valence-electron chi connectivity index (χ0n) is 12.6. The van der Waals surface area contributed by atoms with Gasteiger partial charge in [0.05, 0.1) is 0 Å². The summed E-state index contributed by atoms with van der Waals surface area (Å²) >= 11 is 0. The van der Waals surface area contributed by atoms with Gasteiger partial charge in [-0.1, -0.05) is 33.6 Å². The third-order valence-electron chi connectivity index (χ3n) is 5.59. The summed E-state index contributed by atoms with van der Waals surface area (Å²) in [4.78, 5) is 2.55. The molecule has 2 aliphatic carbocycles. The molecule has 0 radical (unpaired) electrons. The topological polar surface area (TPSA) is 3.24 Å². The van der Waals surface area contributed by atoms with E-state index in [9.17, 15) is 0 Å². The first kappa shape index (κ1) is 13.4. The second-order valence-electron chi connectivity index (χ2n) is 7.87. The van der Waals surface area contributed by atoms with Gasteiger partial charge in [0.15, 0.2) is 0 Å². The molecular weight excluding hydrogens is 206 g/mol. The van der Waals surface area contributed by atoms with Crippen molar-refractivity contribution in [2.75, 3.05) is 14.1 Å². The largest absolute Gasteiger partial charge is 0.304 e. The fraction of sp³-hybridized carbons (Fsp3) is 1.00. The molecule has 17 heavy (non-hydrogen) atoms. The third kappa shape index (κ3) is 2.41. The Bertz CT molecular complexity index is 265. The Morgan fingerprint density at radius 1 is 0.941 bits per heavy atom. The Morgan fingerprint density at radius 2 is 1.47 bits per heavy atom. The molecule has 1 nitrogen and oxygen atoms in total. The molecule has 1 heteroatoms. The van der Waals surface area contributed by atoms with E-state index < -0.39 is 0 Å². The minimum absolute atomic E-state index is 0.483. The standard InChI is InChI=1S/C16H31N/c1-6-8-16(17(4)5)12-14(2)9-7-10-15(3,11-14)13-16/h6-13H2,1-5H3. The Labute approximate surface area is 108 Å². The van der Waals surface area contributed by atoms with Crippen molar-refractivity contribution in [1.29, 1.82) is 0 Å². The van der Waals surface area contributed by atoms with Crippen LogP contribution in [0.3, 0.4) is 0 Å². The normalized spacial score (nSPS) is 46.2. The van der Waals surface area contributed by atoms with E-state index in [0.29, 0.717) is 16.4 Å². The van der Waals surface area contributed by atoms with Gasteiger partial charge in [-0.25, -0.2) is 0 Å². The van der Waals surface area contributed by atoms with Crippen LogP contribution in [-0.2, 0) is 0 Å². The molecule has 0 aliphatic heterocycles. The molecule has 100 valence electrons. The van der Waals surface area contributed by atoms with Crippen molar-refractivity contribution in [3.05, 3.63) is 0 Å². The minimum Gasteiger partial charge on any atom is -0.304 e. The number of hydrogen-bond donors (Lipinski definition) is 0. The second kappa shape index (κ2) is 4.26. The van der Waals surface area contributed by atoms with Gasteiger partial charge >= 0.3 is 0 Å². The number of rotatable bonds is 3. The fourth-order valence-electron chi connectivity index (χ4n) is 5.28. The lowest BCUT2D eigenvalue weighted by atomic mass is 9.50. The van der Waals surface area contributed by atoms with Crippen LogP contribution in [-0.4, -0.2) is 24.5 Å². The van der Waals surface area contributed by atoms with Crippen molar-refractivity contribution in [2.24, 2.45) is 10.8 Å². The second-order valence-corrected chi connectivity index (χ2v) is 7.87. The SMILES string of the molecule is CCCC1(N(C)C)CC2(C)CCCC(C)(C2)C1. The average molecular weight is 237 g/mol. The van der Waals surface area contributed by atoms with Gasteiger partial charge in [-0.3, -0.25) is 0 Å². The molecule has 0 saturated heterocycles. The van der Waals surface area contributed by atoms with Crippen LogP contribution in [0.1, 0.15) is 72.1 Å². The molecule has 0 N–H and O–H groups in total. The number of fused-ring (bicyclic) bond motifs is 2. The smallest absolute Gasteiger partial charge is 0.0213 e. The van der Waals surface area contributed by atoms with E-state index in [1.54, 1.807) is 0 Å². The molecule has 0 aromatic rings. The summed E-state index contributed by atoms with van der Waals surface area (Å²) in [6.07, 6.45) is 11.4. The van der Waals surface area contributed by atoms with Gasteiger partial charge in [-0.15, -0.1) is 0 Å². The zero-order chi connectivity index (χ0) is 12.7. The van der Waals surface area contributed by atoms with Crippen LogP contribution in [0, 0.1) is 10.8 Å². The van der Waals surface area contributed by atoms with Crippen molar-refractivity contribution >= 4 is 0 Å². The highest BCUT2D eigenvalue weighted by atomic mass is 15.1. The monoisotopic (exact) mass is 237 g/mol. The van der Waals surface area contributed by atoms with Crippen LogP contribution in [0.25, 0.3) is 0 Å². The maximum atomic E-state index is 2.55. The molecule has 0 aromatic carbocycles. The van der Waals surface area contributed by atoms with E-state index in [0.717, 1.165) is 0 Å². The summed E-state index contributed by atoms with van der Waals surface area (Å²) in [6.45, 7) is 7.45. The van der Waals surface area contributed by atoms with Gasteiger partial charge in [0.25, 0.3) is 0 Å². The highest BCUT2D eigenvalue weighted by Gasteiger charge is 2.52. The first-order valence-corrected chi connectivity index (χ1v) is 7.51. The first-order valence-electron chi connectivity index (χ1n) is 7.51. The van der Waals surface area contributed by atoms with Crippen molar-refractivity contribution in [2.45, 2.75) is 77.7 Å². The van der Waals surface area contributed by atoms with Gasteiger partial charge in [0.2, 0.25) is 0 Å². The van der Waals surface area contributed by atoms with E-state index in [4.69, 9.17) is 0 Å². The molecule has 2 fully saturated rings. The lowest BCUT2D eigenvalue weighted by Gasteiger charge is -2.59. The number of hydrogen-bond acceptors (Lipinski definition) is 1. The Balaban J connectivity index is 2.29. The van der Waals surface area contributed by atoms with Crippen LogP contribution in [0.15, 0.2) is 0 Å². The maximum Gasteiger partial charge on any atom is 0.0213 e. The lowest BCUT2D eigenvalue weighted by Crippen LogP contribution is -2.56. The molecule has 2 saturated carbocycles. The van der Waals surface area contributed by atoms with Gasteiger partial charge < -0.3 is 4.90 Å². The molecule has 2 atom stereocenters. The molecule has 2 aliphatic rings. The Hall–Kier alpha value is -0.0400. The highest BCUT2D eigenvalue weighted by Crippen LogP contribution is 2.60. The quantitative estimate of drug-likeness (QED) is 0.700. The van der Waals surface area contributed by atoms with Crippen LogP contribution < -0.4 is 0 Å². The summed E-state index contributed by atoms with van der Waals surface area (Å²) in [5, 5.41) is 0. The molecule has 0 heterocycles. The average Bonchev–Trinajstić information content (AvgIpc) is 2.14. The van der Waals surface area contributed by atoms with Crippen molar-refractivity contribution in [3.8, 4) is 0 Å². The zero-order valence-corrected chi connectivity index (χ0v) is 12.6. The summed E-state index contributed by atoms with van der Waals surface area (Å²) in [5.74, 6) is 0. The van der Waals surface area contributed by atoms with E-state index in [2.05, 4.69) is 39.8 Å². The Morgan fingerprint density at radius 3 is 1.88 bits per heavy atom. The Kier molecular flexibility index (Phi) is 3.36. The summed E-state index contributed by atoms with van der Waals surface area (Å²) in [5.41, 5.74) is 1.71. The molecule has 2 bridgehead atoms. The van der Waals surface area contributed by atoms with Crippen LogP contribution >= 0.6 is 0 Å². The highest BCUT2D eigenvalue weighted by molar-refractivity contribution is 5.06. The van der Waals surface area contributed by atoms with Crippen molar-refractivity contribution in [1.82, 2.24) is 4.90 Å². The van der Waals surface area contributed by atoms with Crippen molar-refractivity contribution < 1.29 is 0 Å². The van der Waals surface area contributed by atoms with Gasteiger partial charge in [0, 0.05) is 5.54 Å². The van der Waals surface area contributed by atoms with E-state index >= 15 is 0 Å². The van der Waals surface area contributed by atoms with Gasteiger partial charge in [-0.2, -0.15) is 0 Å². The third-order valence-corrected chi connectivity index (χ3v) is 5.59. The summed E-state index contributed by atoms with van der Waals surface area (Å²) < 4.78 is 0. The molecule has 2 unspecified atom stereocenters. The van der Waals surface area contributed by atoms with E-state index in [1.165, 1.54) is 51.4 Å². The van der Waals surface area contributed by atoms with E-state index in [1.807, 2.05) is 0 Å². The van der Waals surface area contributed by atoms with Crippen LogP contribution in [0.5, 0.6) is 0 Å². The van der Waals surface area contributed by atoms with Crippen LogP contribution in [0.2, 0.25) is 0 Å². The number of nitrogens with zero attached hydrogens (tertiary/aromatic N) is 1. The molecular formula is C16H31N. The lowest BCUT2D eigenvalue weighted by molar-refractivity contribution is -0.0761. The van der Waals surface area contributed by atoms with Gasteiger partial charge in [-0.05, 0) is 63.5 Å².